The van der Waals surface area contributed by atoms with Crippen LogP contribution >= 0.6 is 0 Å². The summed E-state index contributed by atoms with van der Waals surface area (Å²) in [5.74, 6) is 0.440. The zero-order valence-corrected chi connectivity index (χ0v) is 27.1. The monoisotopic (exact) mass is 566 g/mol. The van der Waals surface area contributed by atoms with Crippen LogP contribution in [0.4, 0.5) is 0 Å². The summed E-state index contributed by atoms with van der Waals surface area (Å²) in [4.78, 5) is 0. The van der Waals surface area contributed by atoms with Gasteiger partial charge >= 0.3 is 202 Å². The van der Waals surface area contributed by atoms with Crippen molar-refractivity contribution >= 4 is 26.7 Å². The van der Waals surface area contributed by atoms with Crippen LogP contribution in [0.25, 0.3) is 0 Å². The molecule has 0 fully saturated rings. The van der Waals surface area contributed by atoms with Gasteiger partial charge in [-0.1, -0.05) is 0 Å². The Hall–Kier alpha value is 0.896. The van der Waals surface area contributed by atoms with Crippen molar-refractivity contribution in [2.75, 3.05) is 13.9 Å². The molecule has 31 heavy (non-hydrogen) atoms. The van der Waals surface area contributed by atoms with E-state index >= 15 is 0 Å². The summed E-state index contributed by atoms with van der Waals surface area (Å²) in [5, 5.41) is 0.232. The van der Waals surface area contributed by atoms with Crippen molar-refractivity contribution in [3.63, 3.8) is 0 Å². The van der Waals surface area contributed by atoms with E-state index in [0.717, 1.165) is 6.42 Å². The Morgan fingerprint density at radius 1 is 0.839 bits per heavy atom. The number of unbranched alkanes of at least 4 members (excludes halogenated alkanes) is 3. The fourth-order valence-corrected chi connectivity index (χ4v) is 24.9. The molecule has 0 unspecified atom stereocenters. The molecule has 0 spiro atoms. The van der Waals surface area contributed by atoms with Gasteiger partial charge in [0.25, 0.3) is 0 Å². The van der Waals surface area contributed by atoms with E-state index in [9.17, 15) is 0 Å². The fourth-order valence-electron chi connectivity index (χ4n) is 4.73. The van der Waals surface area contributed by atoms with Crippen LogP contribution in [-0.4, -0.2) is 50.8 Å². The normalized spacial score (nSPS) is 16.4. The molecule has 0 radical (unpaired) electrons. The van der Waals surface area contributed by atoms with Gasteiger partial charge in [-0.15, -0.1) is 0 Å². The Bertz CT molecular complexity index is 429. The Morgan fingerprint density at radius 2 is 1.29 bits per heavy atom. The van der Waals surface area contributed by atoms with Crippen LogP contribution < -0.4 is 0 Å². The predicted octanol–water partition coefficient (Wildman–Crippen LogP) is 8.80. The van der Waals surface area contributed by atoms with Crippen LogP contribution in [0.15, 0.2) is 0 Å². The third kappa shape index (κ3) is 10.4. The molecule has 3 nitrogen and oxygen atoms in total. The van der Waals surface area contributed by atoms with Crippen LogP contribution in [0.5, 0.6) is 0 Å². The second-order valence-electron chi connectivity index (χ2n) is 11.4. The van der Waals surface area contributed by atoms with E-state index in [2.05, 4.69) is 68.5 Å². The van der Waals surface area contributed by atoms with Crippen LogP contribution in [0.2, 0.25) is 31.4 Å². The summed E-state index contributed by atoms with van der Waals surface area (Å²) >= 11 is -2.61. The topological polar surface area (TPSA) is 27.7 Å². The molecule has 0 saturated heterocycles. The van der Waals surface area contributed by atoms with Crippen molar-refractivity contribution in [1.29, 1.82) is 0 Å². The first-order valence-electron chi connectivity index (χ1n) is 13.2. The summed E-state index contributed by atoms with van der Waals surface area (Å²) in [7, 11) is -0.0572. The molecule has 0 aromatic heterocycles. The van der Waals surface area contributed by atoms with E-state index in [-0.39, 0.29) is 11.1 Å². The summed E-state index contributed by atoms with van der Waals surface area (Å²) in [6.07, 6.45) is 9.32. The summed E-state index contributed by atoms with van der Waals surface area (Å²) < 4.78 is 24.0. The van der Waals surface area contributed by atoms with E-state index in [0.29, 0.717) is 16.8 Å². The number of rotatable bonds is 18. The van der Waals surface area contributed by atoms with E-state index in [4.69, 9.17) is 13.9 Å². The molecule has 0 saturated carbocycles. The average molecular weight is 566 g/mol. The second-order valence-corrected chi connectivity index (χ2v) is 29.8. The van der Waals surface area contributed by atoms with Crippen molar-refractivity contribution in [3.05, 3.63) is 0 Å². The Labute approximate surface area is 201 Å². The first-order chi connectivity index (χ1) is 14.5. The van der Waals surface area contributed by atoms with Gasteiger partial charge < -0.3 is 0 Å². The maximum absolute atomic E-state index is 7.03. The molecular weight excluding hydrogens is 507 g/mol. The van der Waals surface area contributed by atoms with Crippen LogP contribution in [0.1, 0.15) is 100 Å². The van der Waals surface area contributed by atoms with E-state index in [1.54, 1.807) is 7.11 Å². The third-order valence-corrected chi connectivity index (χ3v) is 29.3. The minimum absolute atomic E-state index is 0.232. The molecular formula is C26H58O3SiSn. The fraction of sp³-hybridized carbons (Fsp3) is 1.00. The molecule has 0 aliphatic rings. The molecule has 0 aliphatic carbocycles. The predicted molar refractivity (Wildman–Crippen MR) is 143 cm³/mol. The molecule has 0 amide bonds. The number of hydrogen-bond acceptors (Lipinski definition) is 3. The molecule has 0 N–H and O–H groups in total. The molecule has 5 heteroatoms. The Kier molecular flexibility index (Phi) is 16.2. The minimum atomic E-state index is -2.61. The van der Waals surface area contributed by atoms with E-state index < -0.39 is 26.7 Å². The Balaban J connectivity index is 6.11. The van der Waals surface area contributed by atoms with Gasteiger partial charge in [-0.3, -0.25) is 0 Å². The quantitative estimate of drug-likeness (QED) is 0.123. The molecule has 0 rings (SSSR count). The van der Waals surface area contributed by atoms with Crippen LogP contribution in [0.3, 0.4) is 0 Å². The maximum atomic E-state index is 7.03. The third-order valence-electron chi connectivity index (χ3n) is 7.77. The Morgan fingerprint density at radius 3 is 1.61 bits per heavy atom. The molecule has 0 heterocycles. The van der Waals surface area contributed by atoms with Crippen molar-refractivity contribution in [3.8, 4) is 0 Å². The van der Waals surface area contributed by atoms with Crippen LogP contribution in [-0.2, 0) is 13.9 Å². The molecule has 3 atom stereocenters. The zero-order valence-electron chi connectivity index (χ0n) is 23.2. The molecule has 0 aromatic rings. The zero-order chi connectivity index (χ0) is 24.1. The van der Waals surface area contributed by atoms with Crippen molar-refractivity contribution < 1.29 is 13.9 Å². The SMILES string of the molecule is CCC[CH2][Sn]([CH2]CCC)([CH2]CCC)[C@H](OCOC)[C@@H](C)[C@H](CC)O[Si](C)(C)C(C)(C)C. The first-order valence-corrected chi connectivity index (χ1v) is 23.9. The van der Waals surface area contributed by atoms with Gasteiger partial charge in [-0.2, -0.15) is 0 Å². The van der Waals surface area contributed by atoms with Crippen molar-refractivity contribution in [1.82, 2.24) is 0 Å². The molecule has 0 aliphatic heterocycles. The van der Waals surface area contributed by atoms with Gasteiger partial charge in [0.15, 0.2) is 0 Å². The summed E-state index contributed by atoms with van der Waals surface area (Å²) in [6.45, 7) is 24.1. The van der Waals surface area contributed by atoms with Crippen LogP contribution in [0, 0.1) is 5.92 Å². The molecule has 0 bridgehead atoms. The first kappa shape index (κ1) is 31.9. The number of methoxy groups -OCH3 is 1. The van der Waals surface area contributed by atoms with Gasteiger partial charge in [0.05, 0.1) is 0 Å². The summed E-state index contributed by atoms with van der Waals surface area (Å²) in [6, 6.07) is 0. The van der Waals surface area contributed by atoms with E-state index in [1.165, 1.54) is 51.8 Å². The van der Waals surface area contributed by atoms with Gasteiger partial charge in [0.2, 0.25) is 0 Å². The standard InChI is InChI=1S/C14H31O3Si.3C4H9.Sn/c1-9-13(12(2)10-16-11-15-6)17-18(7,8)14(3,4)5;3*1-3-4-2;/h10,12-13H,9,11H2,1-8H3;3*1,3-4H2,2H3;/t12-,13+;;;;/m1..../s1. The van der Waals surface area contributed by atoms with Crippen molar-refractivity contribution in [2.45, 2.75) is 142 Å². The van der Waals surface area contributed by atoms with Gasteiger partial charge in [-0.05, 0) is 0 Å². The van der Waals surface area contributed by atoms with Gasteiger partial charge in [0.1, 0.15) is 0 Å². The van der Waals surface area contributed by atoms with Gasteiger partial charge in [-0.25, -0.2) is 0 Å². The number of hydrogen-bond donors (Lipinski definition) is 0. The number of ether oxygens (including phenoxy) is 2. The summed E-state index contributed by atoms with van der Waals surface area (Å²) in [5.41, 5.74) is 0. The van der Waals surface area contributed by atoms with E-state index in [1.807, 2.05) is 0 Å². The van der Waals surface area contributed by atoms with Gasteiger partial charge in [0, 0.05) is 0 Å². The molecule has 188 valence electrons. The average Bonchev–Trinajstić information content (AvgIpc) is 2.71. The molecule has 0 aromatic carbocycles. The second kappa shape index (κ2) is 15.7. The van der Waals surface area contributed by atoms with Crippen molar-refractivity contribution in [2.24, 2.45) is 5.92 Å².